The summed E-state index contributed by atoms with van der Waals surface area (Å²) in [6.07, 6.45) is 6.77. The highest BCUT2D eigenvalue weighted by Gasteiger charge is 2.21. The minimum Gasteiger partial charge on any atom is -0.348 e. The lowest BCUT2D eigenvalue weighted by molar-refractivity contribution is 0.435. The van der Waals surface area contributed by atoms with E-state index in [0.717, 1.165) is 5.92 Å². The predicted octanol–water partition coefficient (Wildman–Crippen LogP) is 4.14. The predicted molar refractivity (Wildman–Crippen MR) is 88.8 cm³/mol. The molecule has 1 N–H and O–H groups in total. The molecule has 2 unspecified atom stereocenters. The smallest absolute Gasteiger partial charge is 0.185 e. The monoisotopic (exact) mass is 295 g/mol. The van der Waals surface area contributed by atoms with E-state index >= 15 is 0 Å². The number of aryl methyl sites for hydroxylation is 1. The molecule has 0 radical (unpaired) electrons. The van der Waals surface area contributed by atoms with Gasteiger partial charge in [-0.15, -0.1) is 11.3 Å². The van der Waals surface area contributed by atoms with Crippen molar-refractivity contribution < 1.29 is 0 Å². The third-order valence-electron chi connectivity index (χ3n) is 4.46. The lowest BCUT2D eigenvalue weighted by atomic mass is 9.96. The van der Waals surface area contributed by atoms with Crippen molar-refractivity contribution >= 4 is 16.5 Å². The molecule has 2 heterocycles. The van der Waals surface area contributed by atoms with Crippen LogP contribution < -0.4 is 10.2 Å². The lowest BCUT2D eigenvalue weighted by Crippen LogP contribution is -2.24. The van der Waals surface area contributed by atoms with Crippen molar-refractivity contribution in [2.45, 2.75) is 58.9 Å². The van der Waals surface area contributed by atoms with E-state index < -0.39 is 0 Å². The number of anilines is 1. The summed E-state index contributed by atoms with van der Waals surface area (Å²) in [5.74, 6) is 0.932. The maximum atomic E-state index is 4.82. The van der Waals surface area contributed by atoms with Crippen LogP contribution in [0.25, 0.3) is 0 Å². The van der Waals surface area contributed by atoms with Crippen LogP contribution in [-0.4, -0.2) is 25.1 Å². The summed E-state index contributed by atoms with van der Waals surface area (Å²) < 4.78 is 0. The van der Waals surface area contributed by atoms with Crippen LogP contribution in [0.15, 0.2) is 0 Å². The van der Waals surface area contributed by atoms with Crippen LogP contribution in [0.4, 0.5) is 5.13 Å². The van der Waals surface area contributed by atoms with Gasteiger partial charge in [0.2, 0.25) is 0 Å². The Balaban J connectivity index is 2.04. The van der Waals surface area contributed by atoms with Gasteiger partial charge in [0.05, 0.1) is 5.69 Å². The molecule has 0 saturated carbocycles. The summed E-state index contributed by atoms with van der Waals surface area (Å²) in [4.78, 5) is 8.72. The Labute approximate surface area is 127 Å². The van der Waals surface area contributed by atoms with E-state index in [4.69, 9.17) is 4.98 Å². The molecule has 1 aliphatic rings. The summed E-state index contributed by atoms with van der Waals surface area (Å²) in [6, 6.07) is 0.404. The van der Waals surface area contributed by atoms with Crippen LogP contribution in [0.5, 0.6) is 0 Å². The zero-order chi connectivity index (χ0) is 14.5. The van der Waals surface area contributed by atoms with Crippen molar-refractivity contribution in [1.29, 1.82) is 0 Å². The van der Waals surface area contributed by atoms with Gasteiger partial charge in [-0.3, -0.25) is 0 Å². The zero-order valence-corrected chi connectivity index (χ0v) is 14.2. The van der Waals surface area contributed by atoms with Crippen LogP contribution >= 0.6 is 11.3 Å². The highest BCUT2D eigenvalue weighted by Crippen LogP contribution is 2.32. The molecule has 1 aromatic rings. The molecule has 1 fully saturated rings. The van der Waals surface area contributed by atoms with Crippen molar-refractivity contribution in [2.24, 2.45) is 5.92 Å². The van der Waals surface area contributed by atoms with Gasteiger partial charge in [0, 0.05) is 24.0 Å². The molecule has 114 valence electrons. The summed E-state index contributed by atoms with van der Waals surface area (Å²) in [5, 5.41) is 4.56. The first-order valence-corrected chi connectivity index (χ1v) is 8.86. The average molecular weight is 295 g/mol. The van der Waals surface area contributed by atoms with Gasteiger partial charge in [0.1, 0.15) is 0 Å². The van der Waals surface area contributed by atoms with Gasteiger partial charge in [0.15, 0.2) is 5.13 Å². The molecule has 0 aliphatic carbocycles. The molecule has 0 spiro atoms. The van der Waals surface area contributed by atoms with Crippen molar-refractivity contribution in [3.63, 3.8) is 0 Å². The summed E-state index contributed by atoms with van der Waals surface area (Å²) >= 11 is 1.87. The number of hydrogen-bond acceptors (Lipinski definition) is 4. The fourth-order valence-corrected chi connectivity index (χ4v) is 4.29. The van der Waals surface area contributed by atoms with E-state index in [1.807, 2.05) is 18.4 Å². The second-order valence-electron chi connectivity index (χ2n) is 6.03. The third-order valence-corrected chi connectivity index (χ3v) is 5.86. The number of aromatic nitrogens is 1. The van der Waals surface area contributed by atoms with Crippen molar-refractivity contribution in [2.75, 3.05) is 25.0 Å². The summed E-state index contributed by atoms with van der Waals surface area (Å²) in [5.41, 5.74) is 1.20. The Morgan fingerprint density at radius 2 is 2.20 bits per heavy atom. The van der Waals surface area contributed by atoms with E-state index in [1.165, 1.54) is 60.9 Å². The number of nitrogens with zero attached hydrogens (tertiary/aromatic N) is 2. The number of rotatable bonds is 5. The highest BCUT2D eigenvalue weighted by molar-refractivity contribution is 7.15. The molecule has 1 aromatic heterocycles. The number of thiazole rings is 1. The standard InChI is InChI=1S/C16H29N3S/c1-5-7-14-8-6-10-19(11-9-14)16-18-13(3)15(20-16)12(2)17-4/h12,14,17H,5-11H2,1-4H3. The van der Waals surface area contributed by atoms with Gasteiger partial charge >= 0.3 is 0 Å². The lowest BCUT2D eigenvalue weighted by Gasteiger charge is -2.19. The number of nitrogens with one attached hydrogen (secondary N) is 1. The van der Waals surface area contributed by atoms with Gasteiger partial charge in [-0.1, -0.05) is 19.8 Å². The Bertz CT molecular complexity index is 416. The first-order chi connectivity index (χ1) is 9.65. The Morgan fingerprint density at radius 1 is 1.40 bits per heavy atom. The van der Waals surface area contributed by atoms with Crippen LogP contribution in [-0.2, 0) is 0 Å². The van der Waals surface area contributed by atoms with Gasteiger partial charge in [-0.2, -0.15) is 0 Å². The van der Waals surface area contributed by atoms with E-state index in [-0.39, 0.29) is 0 Å². The largest absolute Gasteiger partial charge is 0.348 e. The second-order valence-corrected chi connectivity index (χ2v) is 7.04. The van der Waals surface area contributed by atoms with Crippen molar-refractivity contribution in [1.82, 2.24) is 10.3 Å². The summed E-state index contributed by atoms with van der Waals surface area (Å²) in [6.45, 7) is 9.02. The molecule has 20 heavy (non-hydrogen) atoms. The molecule has 2 rings (SSSR count). The molecule has 0 amide bonds. The molecule has 2 atom stereocenters. The molecule has 3 nitrogen and oxygen atoms in total. The van der Waals surface area contributed by atoms with Crippen LogP contribution in [0.3, 0.4) is 0 Å². The zero-order valence-electron chi connectivity index (χ0n) is 13.4. The maximum absolute atomic E-state index is 4.82. The SMILES string of the molecule is CCCC1CCCN(c2nc(C)c(C(C)NC)s2)CC1. The third kappa shape index (κ3) is 3.73. The highest BCUT2D eigenvalue weighted by atomic mass is 32.1. The molecule has 0 aromatic carbocycles. The minimum absolute atomic E-state index is 0.404. The van der Waals surface area contributed by atoms with Crippen LogP contribution in [0.2, 0.25) is 0 Å². The quantitative estimate of drug-likeness (QED) is 0.885. The normalized spacial score (nSPS) is 21.8. The maximum Gasteiger partial charge on any atom is 0.185 e. The van der Waals surface area contributed by atoms with Crippen LogP contribution in [0.1, 0.15) is 62.6 Å². The van der Waals surface area contributed by atoms with Gasteiger partial charge in [0.25, 0.3) is 0 Å². The first-order valence-electron chi connectivity index (χ1n) is 8.05. The van der Waals surface area contributed by atoms with Crippen LogP contribution in [0, 0.1) is 12.8 Å². The van der Waals surface area contributed by atoms with Crippen molar-refractivity contribution in [3.05, 3.63) is 10.6 Å². The number of hydrogen-bond donors (Lipinski definition) is 1. The van der Waals surface area contributed by atoms with Gasteiger partial charge in [-0.25, -0.2) is 4.98 Å². The Kier molecular flexibility index (Phi) is 5.85. The topological polar surface area (TPSA) is 28.2 Å². The molecular formula is C16H29N3S. The van der Waals surface area contributed by atoms with E-state index in [9.17, 15) is 0 Å². The molecule has 1 aliphatic heterocycles. The van der Waals surface area contributed by atoms with E-state index in [2.05, 4.69) is 31.0 Å². The molecule has 4 heteroatoms. The van der Waals surface area contributed by atoms with Gasteiger partial charge in [-0.05, 0) is 46.1 Å². The first kappa shape index (κ1) is 15.8. The van der Waals surface area contributed by atoms with Crippen molar-refractivity contribution in [3.8, 4) is 0 Å². The molecule has 0 bridgehead atoms. The fourth-order valence-electron chi connectivity index (χ4n) is 3.12. The second kappa shape index (κ2) is 7.41. The Hall–Kier alpha value is -0.610. The molecular weight excluding hydrogens is 266 g/mol. The Morgan fingerprint density at radius 3 is 2.90 bits per heavy atom. The summed E-state index contributed by atoms with van der Waals surface area (Å²) in [7, 11) is 2.02. The van der Waals surface area contributed by atoms with E-state index in [1.54, 1.807) is 0 Å². The fraction of sp³-hybridized carbons (Fsp3) is 0.812. The van der Waals surface area contributed by atoms with Gasteiger partial charge < -0.3 is 10.2 Å². The average Bonchev–Trinajstić information content (AvgIpc) is 2.68. The minimum atomic E-state index is 0.404. The molecule has 1 saturated heterocycles. The van der Waals surface area contributed by atoms with E-state index in [0.29, 0.717) is 6.04 Å².